The predicted molar refractivity (Wildman–Crippen MR) is 71.2 cm³/mol. The van der Waals surface area contributed by atoms with Gasteiger partial charge in [-0.15, -0.1) is 0 Å². The van der Waals surface area contributed by atoms with Gasteiger partial charge < -0.3 is 15.8 Å². The van der Waals surface area contributed by atoms with Crippen LogP contribution in [0.2, 0.25) is 0 Å². The molecule has 1 saturated heterocycles. The van der Waals surface area contributed by atoms with Gasteiger partial charge in [-0.3, -0.25) is 4.79 Å². The molecule has 104 valence electrons. The standard InChI is InChI=1S/C14H26N2O2/c15-14(6-2-1-3-7-14)10-13(17)16-8-4-12-5-9-18-11-12/h12H,1-11,15H2,(H,16,17). The molecule has 0 spiro atoms. The largest absolute Gasteiger partial charge is 0.381 e. The minimum atomic E-state index is -0.237. The third kappa shape index (κ3) is 4.25. The monoisotopic (exact) mass is 254 g/mol. The number of nitrogens with one attached hydrogen (secondary N) is 1. The summed E-state index contributed by atoms with van der Waals surface area (Å²) < 4.78 is 5.32. The SMILES string of the molecule is NC1(CC(=O)NCCC2CCOC2)CCCCC1. The van der Waals surface area contributed by atoms with Crippen LogP contribution < -0.4 is 11.1 Å². The van der Waals surface area contributed by atoms with Crippen LogP contribution in [-0.2, 0) is 9.53 Å². The number of hydrogen-bond donors (Lipinski definition) is 2. The van der Waals surface area contributed by atoms with Gasteiger partial charge in [0.25, 0.3) is 0 Å². The van der Waals surface area contributed by atoms with Crippen LogP contribution in [0.1, 0.15) is 51.4 Å². The molecular formula is C14H26N2O2. The fraction of sp³-hybridized carbons (Fsp3) is 0.929. The summed E-state index contributed by atoms with van der Waals surface area (Å²) in [5.74, 6) is 0.755. The predicted octanol–water partition coefficient (Wildman–Crippen LogP) is 1.58. The van der Waals surface area contributed by atoms with Crippen LogP contribution in [0.15, 0.2) is 0 Å². The highest BCUT2D eigenvalue weighted by atomic mass is 16.5. The molecule has 0 bridgehead atoms. The molecular weight excluding hydrogens is 228 g/mol. The lowest BCUT2D eigenvalue weighted by molar-refractivity contribution is -0.122. The Morgan fingerprint density at radius 1 is 1.33 bits per heavy atom. The van der Waals surface area contributed by atoms with E-state index in [2.05, 4.69) is 5.32 Å². The highest BCUT2D eigenvalue weighted by molar-refractivity contribution is 5.77. The van der Waals surface area contributed by atoms with Crippen molar-refractivity contribution in [1.82, 2.24) is 5.32 Å². The van der Waals surface area contributed by atoms with E-state index in [9.17, 15) is 4.79 Å². The minimum Gasteiger partial charge on any atom is -0.381 e. The van der Waals surface area contributed by atoms with Crippen LogP contribution >= 0.6 is 0 Å². The Hall–Kier alpha value is -0.610. The zero-order chi connectivity index (χ0) is 12.8. The molecule has 0 radical (unpaired) electrons. The van der Waals surface area contributed by atoms with Crippen LogP contribution in [0.3, 0.4) is 0 Å². The van der Waals surface area contributed by atoms with E-state index in [0.717, 1.165) is 45.4 Å². The van der Waals surface area contributed by atoms with Crippen molar-refractivity contribution in [3.8, 4) is 0 Å². The molecule has 1 aliphatic carbocycles. The van der Waals surface area contributed by atoms with Crippen LogP contribution in [0.25, 0.3) is 0 Å². The molecule has 18 heavy (non-hydrogen) atoms. The Morgan fingerprint density at radius 2 is 2.11 bits per heavy atom. The first-order valence-corrected chi connectivity index (χ1v) is 7.31. The lowest BCUT2D eigenvalue weighted by atomic mass is 9.80. The van der Waals surface area contributed by atoms with E-state index in [1.807, 2.05) is 0 Å². The van der Waals surface area contributed by atoms with Gasteiger partial charge in [0.1, 0.15) is 0 Å². The Labute approximate surface area is 110 Å². The maximum Gasteiger partial charge on any atom is 0.221 e. The Kier molecular flexibility index (Phi) is 5.01. The highest BCUT2D eigenvalue weighted by Crippen LogP contribution is 2.28. The van der Waals surface area contributed by atoms with E-state index in [-0.39, 0.29) is 11.4 Å². The quantitative estimate of drug-likeness (QED) is 0.783. The van der Waals surface area contributed by atoms with Gasteiger partial charge in [0, 0.05) is 31.7 Å². The number of nitrogens with two attached hydrogens (primary N) is 1. The third-order valence-electron chi connectivity index (χ3n) is 4.26. The second-order valence-corrected chi connectivity index (χ2v) is 5.97. The number of hydrogen-bond acceptors (Lipinski definition) is 3. The molecule has 0 aromatic heterocycles. The van der Waals surface area contributed by atoms with Gasteiger partial charge in [-0.25, -0.2) is 0 Å². The molecule has 1 saturated carbocycles. The van der Waals surface area contributed by atoms with Gasteiger partial charge in [0.05, 0.1) is 0 Å². The van der Waals surface area contributed by atoms with Gasteiger partial charge in [-0.1, -0.05) is 19.3 Å². The second-order valence-electron chi connectivity index (χ2n) is 5.97. The van der Waals surface area contributed by atoms with Crippen molar-refractivity contribution in [2.45, 2.75) is 56.9 Å². The first-order chi connectivity index (χ1) is 8.68. The summed E-state index contributed by atoms with van der Waals surface area (Å²) in [5, 5.41) is 3.01. The number of carbonyl (C=O) groups excluding carboxylic acids is 1. The zero-order valence-electron chi connectivity index (χ0n) is 11.2. The summed E-state index contributed by atoms with van der Waals surface area (Å²) >= 11 is 0. The number of rotatable bonds is 5. The minimum absolute atomic E-state index is 0.123. The Bertz CT molecular complexity index is 269. The van der Waals surface area contributed by atoms with Gasteiger partial charge in [0.2, 0.25) is 5.91 Å². The van der Waals surface area contributed by atoms with E-state index in [1.165, 1.54) is 19.3 Å². The number of carbonyl (C=O) groups is 1. The second kappa shape index (κ2) is 6.53. The maximum atomic E-state index is 11.9. The molecule has 1 aliphatic heterocycles. The molecule has 2 fully saturated rings. The van der Waals surface area contributed by atoms with E-state index >= 15 is 0 Å². The van der Waals surface area contributed by atoms with Gasteiger partial charge in [-0.2, -0.15) is 0 Å². The van der Waals surface area contributed by atoms with Crippen molar-refractivity contribution in [3.05, 3.63) is 0 Å². The van der Waals surface area contributed by atoms with Crippen molar-refractivity contribution in [2.75, 3.05) is 19.8 Å². The summed E-state index contributed by atoms with van der Waals surface area (Å²) in [7, 11) is 0. The molecule has 0 aromatic carbocycles. The van der Waals surface area contributed by atoms with Gasteiger partial charge in [-0.05, 0) is 31.6 Å². The fourth-order valence-electron chi connectivity index (χ4n) is 3.04. The fourth-order valence-corrected chi connectivity index (χ4v) is 3.04. The molecule has 1 unspecified atom stereocenters. The van der Waals surface area contributed by atoms with E-state index in [1.54, 1.807) is 0 Å². The van der Waals surface area contributed by atoms with Crippen LogP contribution in [0, 0.1) is 5.92 Å². The molecule has 1 heterocycles. The molecule has 2 rings (SSSR count). The van der Waals surface area contributed by atoms with E-state index < -0.39 is 0 Å². The number of ether oxygens (including phenoxy) is 1. The van der Waals surface area contributed by atoms with Crippen LogP contribution in [-0.4, -0.2) is 31.2 Å². The van der Waals surface area contributed by atoms with Crippen LogP contribution in [0.5, 0.6) is 0 Å². The number of amides is 1. The average molecular weight is 254 g/mol. The Balaban J connectivity index is 1.61. The van der Waals surface area contributed by atoms with Gasteiger partial charge >= 0.3 is 0 Å². The van der Waals surface area contributed by atoms with Crippen LogP contribution in [0.4, 0.5) is 0 Å². The molecule has 1 atom stereocenters. The summed E-state index contributed by atoms with van der Waals surface area (Å²) in [6, 6.07) is 0. The smallest absolute Gasteiger partial charge is 0.221 e. The molecule has 0 aromatic rings. The molecule has 2 aliphatic rings. The van der Waals surface area contributed by atoms with Crippen molar-refractivity contribution in [1.29, 1.82) is 0 Å². The summed E-state index contributed by atoms with van der Waals surface area (Å²) in [6.45, 7) is 2.50. The summed E-state index contributed by atoms with van der Waals surface area (Å²) in [4.78, 5) is 11.9. The lowest BCUT2D eigenvalue weighted by Gasteiger charge is -2.32. The molecule has 4 heteroatoms. The third-order valence-corrected chi connectivity index (χ3v) is 4.26. The van der Waals surface area contributed by atoms with Crippen molar-refractivity contribution >= 4 is 5.91 Å². The highest BCUT2D eigenvalue weighted by Gasteiger charge is 2.29. The summed E-state index contributed by atoms with van der Waals surface area (Å²) in [6.07, 6.45) is 8.26. The molecule has 1 amide bonds. The lowest BCUT2D eigenvalue weighted by Crippen LogP contribution is -2.46. The topological polar surface area (TPSA) is 64.4 Å². The maximum absolute atomic E-state index is 11.9. The van der Waals surface area contributed by atoms with Gasteiger partial charge in [0.15, 0.2) is 0 Å². The van der Waals surface area contributed by atoms with Crippen molar-refractivity contribution in [3.63, 3.8) is 0 Å². The summed E-state index contributed by atoms with van der Waals surface area (Å²) in [5.41, 5.74) is 6.04. The first kappa shape index (κ1) is 13.8. The average Bonchev–Trinajstić information content (AvgIpc) is 2.82. The first-order valence-electron chi connectivity index (χ1n) is 7.31. The molecule has 3 N–H and O–H groups in total. The molecule has 4 nitrogen and oxygen atoms in total. The van der Waals surface area contributed by atoms with Crippen molar-refractivity contribution in [2.24, 2.45) is 11.7 Å². The normalized spacial score (nSPS) is 27.1. The van der Waals surface area contributed by atoms with E-state index in [0.29, 0.717) is 12.3 Å². The Morgan fingerprint density at radius 3 is 2.78 bits per heavy atom. The van der Waals surface area contributed by atoms with Crippen molar-refractivity contribution < 1.29 is 9.53 Å². The zero-order valence-corrected chi connectivity index (χ0v) is 11.2. The van der Waals surface area contributed by atoms with E-state index in [4.69, 9.17) is 10.5 Å².